The molecule has 1 atom stereocenters. The van der Waals surface area contributed by atoms with Crippen molar-refractivity contribution in [3.8, 4) is 0 Å². The average Bonchev–Trinajstić information content (AvgIpc) is 2.92. The molecule has 0 N–H and O–H groups in total. The van der Waals surface area contributed by atoms with Gasteiger partial charge in [0.05, 0.1) is 6.26 Å². The molecule has 24 heavy (non-hydrogen) atoms. The fourth-order valence-electron chi connectivity index (χ4n) is 2.83. The molecule has 0 aromatic heterocycles. The fraction of sp³-hybridized carbons (Fsp3) is 0.222. The van der Waals surface area contributed by atoms with Gasteiger partial charge in [0.15, 0.2) is 0 Å². The van der Waals surface area contributed by atoms with Crippen LogP contribution in [0.5, 0.6) is 0 Å². The van der Waals surface area contributed by atoms with Crippen molar-refractivity contribution in [1.29, 1.82) is 0 Å². The van der Waals surface area contributed by atoms with Gasteiger partial charge in [0, 0.05) is 22.0 Å². The highest BCUT2D eigenvalue weighted by molar-refractivity contribution is 6.34. The first-order valence-corrected chi connectivity index (χ1v) is 7.94. The predicted molar refractivity (Wildman–Crippen MR) is 89.1 cm³/mol. The largest absolute Gasteiger partial charge is 0.480 e. The summed E-state index contributed by atoms with van der Waals surface area (Å²) in [5, 5.41) is 0.266. The highest BCUT2D eigenvalue weighted by Gasteiger charge is 2.60. The van der Waals surface area contributed by atoms with E-state index >= 15 is 0 Å². The Balaban J connectivity index is 2.05. The third-order valence-corrected chi connectivity index (χ3v) is 4.45. The maximum Gasteiger partial charge on any atom is 0.432 e. The molecule has 0 fully saturated rings. The van der Waals surface area contributed by atoms with E-state index in [1.54, 1.807) is 12.1 Å². The van der Waals surface area contributed by atoms with E-state index < -0.39 is 11.8 Å². The SMILES string of the molecule is Cc1cccc(C2=COC(c3cc(Cl)cc(Cl)c3)(C(F)(F)F)C2)c1. The van der Waals surface area contributed by atoms with Crippen molar-refractivity contribution in [2.45, 2.75) is 25.1 Å². The van der Waals surface area contributed by atoms with E-state index in [0.29, 0.717) is 11.1 Å². The molecule has 2 aromatic rings. The predicted octanol–water partition coefficient (Wildman–Crippen LogP) is 6.52. The van der Waals surface area contributed by atoms with Crippen molar-refractivity contribution < 1.29 is 17.9 Å². The molecule has 0 aliphatic carbocycles. The van der Waals surface area contributed by atoms with Crippen LogP contribution >= 0.6 is 23.2 Å². The van der Waals surface area contributed by atoms with E-state index in [0.717, 1.165) is 5.56 Å². The molecule has 0 bridgehead atoms. The van der Waals surface area contributed by atoms with Gasteiger partial charge in [-0.1, -0.05) is 53.0 Å². The van der Waals surface area contributed by atoms with Crippen LogP contribution in [0.2, 0.25) is 10.0 Å². The number of rotatable bonds is 2. The Labute approximate surface area is 147 Å². The van der Waals surface area contributed by atoms with Gasteiger partial charge in [0.25, 0.3) is 0 Å². The zero-order chi connectivity index (χ0) is 17.5. The number of alkyl halides is 3. The van der Waals surface area contributed by atoms with Gasteiger partial charge < -0.3 is 4.74 Å². The van der Waals surface area contributed by atoms with Crippen LogP contribution < -0.4 is 0 Å². The molecular weight excluding hydrogens is 360 g/mol. The number of ether oxygens (including phenoxy) is 1. The summed E-state index contributed by atoms with van der Waals surface area (Å²) in [7, 11) is 0. The van der Waals surface area contributed by atoms with Crippen LogP contribution in [0.25, 0.3) is 5.57 Å². The molecule has 1 nitrogen and oxygen atoms in total. The van der Waals surface area contributed by atoms with Gasteiger partial charge in [-0.2, -0.15) is 13.2 Å². The zero-order valence-electron chi connectivity index (χ0n) is 12.6. The van der Waals surface area contributed by atoms with Crippen molar-refractivity contribution in [1.82, 2.24) is 0 Å². The van der Waals surface area contributed by atoms with Crippen LogP contribution in [-0.4, -0.2) is 6.18 Å². The Morgan fingerprint density at radius 1 is 1.04 bits per heavy atom. The first kappa shape index (κ1) is 17.2. The number of halogens is 5. The second kappa shape index (κ2) is 6.01. The van der Waals surface area contributed by atoms with E-state index in [1.807, 2.05) is 19.1 Å². The zero-order valence-corrected chi connectivity index (χ0v) is 14.1. The lowest BCUT2D eigenvalue weighted by atomic mass is 9.86. The summed E-state index contributed by atoms with van der Waals surface area (Å²) < 4.78 is 46.9. The lowest BCUT2D eigenvalue weighted by Gasteiger charge is -2.32. The molecule has 3 rings (SSSR count). The molecular formula is C18H13Cl2F3O. The minimum atomic E-state index is -4.62. The number of hydrogen-bond acceptors (Lipinski definition) is 1. The monoisotopic (exact) mass is 372 g/mol. The van der Waals surface area contributed by atoms with Gasteiger partial charge in [-0.05, 0) is 36.3 Å². The molecule has 6 heteroatoms. The Morgan fingerprint density at radius 3 is 2.29 bits per heavy atom. The van der Waals surface area contributed by atoms with Gasteiger partial charge in [0.2, 0.25) is 5.60 Å². The summed E-state index contributed by atoms with van der Waals surface area (Å²) in [6.07, 6.45) is -3.78. The molecule has 0 amide bonds. The Bertz CT molecular complexity index is 794. The minimum Gasteiger partial charge on any atom is -0.480 e. The van der Waals surface area contributed by atoms with Crippen molar-refractivity contribution in [2.75, 3.05) is 0 Å². The van der Waals surface area contributed by atoms with Crippen LogP contribution in [0.1, 0.15) is 23.1 Å². The van der Waals surface area contributed by atoms with E-state index in [-0.39, 0.29) is 22.0 Å². The first-order valence-electron chi connectivity index (χ1n) is 7.18. The second-order valence-corrected chi connectivity index (χ2v) is 6.66. The molecule has 0 spiro atoms. The average molecular weight is 373 g/mol. The second-order valence-electron chi connectivity index (χ2n) is 5.79. The smallest absolute Gasteiger partial charge is 0.432 e. The molecule has 1 heterocycles. The third kappa shape index (κ3) is 3.01. The number of benzene rings is 2. The maximum absolute atomic E-state index is 13.9. The van der Waals surface area contributed by atoms with Gasteiger partial charge >= 0.3 is 6.18 Å². The van der Waals surface area contributed by atoms with Crippen LogP contribution in [0.4, 0.5) is 13.2 Å². The summed E-state index contributed by atoms with van der Waals surface area (Å²) in [5.41, 5.74) is -0.447. The van der Waals surface area contributed by atoms with Crippen molar-refractivity contribution in [2.24, 2.45) is 0 Å². The Kier molecular flexibility index (Phi) is 4.30. The standard InChI is InChI=1S/C18H13Cl2F3O/c1-11-3-2-4-12(5-11)13-9-17(24-10-13,18(21,22)23)14-6-15(19)8-16(20)7-14/h2-8,10H,9H2,1H3. The number of hydrogen-bond donors (Lipinski definition) is 0. The molecule has 1 aliphatic heterocycles. The maximum atomic E-state index is 13.9. The van der Waals surface area contributed by atoms with Crippen LogP contribution in [0.15, 0.2) is 48.7 Å². The van der Waals surface area contributed by atoms with Crippen LogP contribution in [-0.2, 0) is 10.3 Å². The van der Waals surface area contributed by atoms with Crippen LogP contribution in [0.3, 0.4) is 0 Å². The summed E-state index contributed by atoms with van der Waals surface area (Å²) in [6, 6.07) is 11.2. The highest BCUT2D eigenvalue weighted by atomic mass is 35.5. The van der Waals surface area contributed by atoms with Crippen molar-refractivity contribution >= 4 is 28.8 Å². The van der Waals surface area contributed by atoms with Crippen LogP contribution in [0, 0.1) is 6.92 Å². The van der Waals surface area contributed by atoms with E-state index in [1.165, 1.54) is 24.5 Å². The fourth-order valence-corrected chi connectivity index (χ4v) is 3.35. The Morgan fingerprint density at radius 2 is 1.71 bits per heavy atom. The van der Waals surface area contributed by atoms with Gasteiger partial charge in [-0.25, -0.2) is 0 Å². The number of aryl methyl sites for hydroxylation is 1. The third-order valence-electron chi connectivity index (χ3n) is 4.02. The van der Waals surface area contributed by atoms with E-state index in [4.69, 9.17) is 27.9 Å². The molecule has 0 saturated carbocycles. The molecule has 2 aromatic carbocycles. The minimum absolute atomic E-state index is 0.105. The molecule has 126 valence electrons. The highest BCUT2D eigenvalue weighted by Crippen LogP contribution is 2.52. The topological polar surface area (TPSA) is 9.23 Å². The summed E-state index contributed by atoms with van der Waals surface area (Å²) in [5.74, 6) is 0. The summed E-state index contributed by atoms with van der Waals surface area (Å²) in [4.78, 5) is 0. The van der Waals surface area contributed by atoms with Gasteiger partial charge in [-0.3, -0.25) is 0 Å². The normalized spacial score (nSPS) is 20.7. The summed E-state index contributed by atoms with van der Waals surface area (Å²) in [6.45, 7) is 1.88. The molecule has 0 radical (unpaired) electrons. The van der Waals surface area contributed by atoms with Crippen molar-refractivity contribution in [3.63, 3.8) is 0 Å². The van der Waals surface area contributed by atoms with Crippen molar-refractivity contribution in [3.05, 3.63) is 75.5 Å². The summed E-state index contributed by atoms with van der Waals surface area (Å²) >= 11 is 11.8. The van der Waals surface area contributed by atoms with E-state index in [2.05, 4.69) is 0 Å². The lowest BCUT2D eigenvalue weighted by Crippen LogP contribution is -2.42. The lowest BCUT2D eigenvalue weighted by molar-refractivity contribution is -0.260. The first-order chi connectivity index (χ1) is 11.2. The molecule has 1 aliphatic rings. The Hall–Kier alpha value is -1.65. The quantitative estimate of drug-likeness (QED) is 0.582. The van der Waals surface area contributed by atoms with Gasteiger partial charge in [0.1, 0.15) is 0 Å². The molecule has 1 unspecified atom stereocenters. The van der Waals surface area contributed by atoms with E-state index in [9.17, 15) is 13.2 Å². The van der Waals surface area contributed by atoms with Gasteiger partial charge in [-0.15, -0.1) is 0 Å². The molecule has 0 saturated heterocycles.